The first-order valence-electron chi connectivity index (χ1n) is 21.0. The van der Waals surface area contributed by atoms with E-state index in [1.54, 1.807) is 0 Å². The number of unbranched alkanes of at least 4 members (excludes halogenated alkanes) is 27. The fourth-order valence-electron chi connectivity index (χ4n) is 6.13. The van der Waals surface area contributed by atoms with Crippen LogP contribution in [-0.2, 0) is 28.2 Å². The van der Waals surface area contributed by atoms with Crippen molar-refractivity contribution in [2.45, 2.75) is 225 Å². The smallest absolute Gasteiger partial charge is 0.462 e. The zero-order valence-electron chi connectivity index (χ0n) is 32.6. The molecule has 1 atom stereocenters. The number of hydrogen-bond donors (Lipinski definition) is 2. The van der Waals surface area contributed by atoms with E-state index in [0.717, 1.165) is 57.8 Å². The lowest BCUT2D eigenvalue weighted by molar-refractivity contribution is -0.161. The third-order valence-electron chi connectivity index (χ3n) is 9.28. The highest BCUT2D eigenvalue weighted by Gasteiger charge is 2.22. The maximum absolute atomic E-state index is 12.4. The van der Waals surface area contributed by atoms with Crippen LogP contribution in [0.2, 0.25) is 0 Å². The first-order valence-corrected chi connectivity index (χ1v) is 22.5. The Hall–Kier alpha value is -1.21. The predicted octanol–water partition coefficient (Wildman–Crippen LogP) is 12.6. The van der Waals surface area contributed by atoms with Gasteiger partial charge in [0.1, 0.15) is 6.61 Å². The number of hydrogen-bond acceptors (Lipinski definition) is 6. The molecule has 0 rings (SSSR count). The Morgan fingerprint density at radius 1 is 0.500 bits per heavy atom. The topological polar surface area (TPSA) is 119 Å². The molecular weight excluding hydrogens is 651 g/mol. The van der Waals surface area contributed by atoms with Gasteiger partial charge in [-0.15, -0.1) is 0 Å². The van der Waals surface area contributed by atoms with Crippen molar-refractivity contribution in [3.8, 4) is 0 Å². The molecule has 0 saturated carbocycles. The lowest BCUT2D eigenvalue weighted by atomic mass is 10.0. The molecule has 0 saturated heterocycles. The molecule has 0 aromatic carbocycles. The highest BCUT2D eigenvalue weighted by atomic mass is 31.2. The standard InChI is InChI=1S/C41H79O8P/c1-3-5-7-9-11-13-15-17-18-19-20-21-22-23-24-26-27-29-31-33-35-40(42)47-37-39(38-48-50(44,45)46)49-41(43)36-34-32-30-28-25-16-14-12-10-8-6-4-2/h12,14,39H,3-11,13,15-38H2,1-2H3,(H2,44,45,46)/b14-12+/t39-/m1/s1. The molecule has 0 heterocycles. The van der Waals surface area contributed by atoms with Crippen molar-refractivity contribution in [1.82, 2.24) is 0 Å². The molecule has 8 nitrogen and oxygen atoms in total. The molecule has 0 unspecified atom stereocenters. The number of phosphoric ester groups is 1. The second kappa shape index (κ2) is 37.5. The number of carbonyl (C=O) groups is 2. The van der Waals surface area contributed by atoms with E-state index in [4.69, 9.17) is 19.3 Å². The van der Waals surface area contributed by atoms with Gasteiger partial charge in [0.2, 0.25) is 0 Å². The molecule has 0 aromatic rings. The van der Waals surface area contributed by atoms with Gasteiger partial charge in [0.25, 0.3) is 0 Å². The molecule has 0 radical (unpaired) electrons. The first-order chi connectivity index (χ1) is 24.3. The van der Waals surface area contributed by atoms with Crippen LogP contribution in [0.3, 0.4) is 0 Å². The van der Waals surface area contributed by atoms with E-state index >= 15 is 0 Å². The molecule has 0 aromatic heterocycles. The van der Waals surface area contributed by atoms with Crippen molar-refractivity contribution < 1.29 is 37.9 Å². The summed E-state index contributed by atoms with van der Waals surface area (Å²) >= 11 is 0. The first kappa shape index (κ1) is 48.8. The quantitative estimate of drug-likeness (QED) is 0.0278. The second-order valence-electron chi connectivity index (χ2n) is 14.3. The Balaban J connectivity index is 3.83. The summed E-state index contributed by atoms with van der Waals surface area (Å²) < 4.78 is 26.3. The Bertz CT molecular complexity index is 827. The normalized spacial score (nSPS) is 12.5. The second-order valence-corrected chi connectivity index (χ2v) is 15.6. The van der Waals surface area contributed by atoms with E-state index in [1.165, 1.54) is 128 Å². The average Bonchev–Trinajstić information content (AvgIpc) is 3.08. The zero-order chi connectivity index (χ0) is 36.8. The molecular formula is C41H79O8P. The largest absolute Gasteiger partial charge is 0.469 e. The van der Waals surface area contributed by atoms with Gasteiger partial charge in [-0.2, -0.15) is 0 Å². The van der Waals surface area contributed by atoms with Crippen LogP contribution in [0.25, 0.3) is 0 Å². The average molecular weight is 731 g/mol. The van der Waals surface area contributed by atoms with Crippen LogP contribution in [0.4, 0.5) is 0 Å². The monoisotopic (exact) mass is 731 g/mol. The number of allylic oxidation sites excluding steroid dienone is 2. The van der Waals surface area contributed by atoms with Crippen LogP contribution in [0.15, 0.2) is 12.2 Å². The molecule has 2 N–H and O–H groups in total. The van der Waals surface area contributed by atoms with Crippen LogP contribution >= 0.6 is 7.82 Å². The van der Waals surface area contributed by atoms with Gasteiger partial charge in [-0.05, 0) is 38.5 Å². The summed E-state index contributed by atoms with van der Waals surface area (Å²) in [5.74, 6) is -0.884. The van der Waals surface area contributed by atoms with Crippen molar-refractivity contribution >= 4 is 19.8 Å². The molecule has 0 bridgehead atoms. The van der Waals surface area contributed by atoms with E-state index in [-0.39, 0.29) is 19.4 Å². The highest BCUT2D eigenvalue weighted by Crippen LogP contribution is 2.36. The lowest BCUT2D eigenvalue weighted by Gasteiger charge is -2.18. The molecule has 9 heteroatoms. The summed E-state index contributed by atoms with van der Waals surface area (Å²) in [5, 5.41) is 0. The van der Waals surface area contributed by atoms with E-state index < -0.39 is 32.5 Å². The van der Waals surface area contributed by atoms with Crippen LogP contribution in [0, 0.1) is 0 Å². The summed E-state index contributed by atoms with van der Waals surface area (Å²) in [6, 6.07) is 0. The number of ether oxygens (including phenoxy) is 2. The number of esters is 2. The zero-order valence-corrected chi connectivity index (χ0v) is 33.5. The van der Waals surface area contributed by atoms with Gasteiger partial charge in [-0.1, -0.05) is 180 Å². The Kier molecular flexibility index (Phi) is 36.6. The van der Waals surface area contributed by atoms with Crippen LogP contribution in [0.5, 0.6) is 0 Å². The van der Waals surface area contributed by atoms with Crippen molar-refractivity contribution in [2.75, 3.05) is 13.2 Å². The molecule has 0 aliphatic carbocycles. The Morgan fingerprint density at radius 2 is 0.840 bits per heavy atom. The third kappa shape index (κ3) is 39.6. The van der Waals surface area contributed by atoms with Crippen molar-refractivity contribution in [3.63, 3.8) is 0 Å². The van der Waals surface area contributed by atoms with Gasteiger partial charge in [-0.25, -0.2) is 4.57 Å². The van der Waals surface area contributed by atoms with Crippen molar-refractivity contribution in [2.24, 2.45) is 0 Å². The van der Waals surface area contributed by atoms with Gasteiger partial charge in [0.05, 0.1) is 6.61 Å². The van der Waals surface area contributed by atoms with Crippen LogP contribution < -0.4 is 0 Å². The maximum Gasteiger partial charge on any atom is 0.469 e. The highest BCUT2D eigenvalue weighted by molar-refractivity contribution is 7.46. The van der Waals surface area contributed by atoms with Gasteiger partial charge in [-0.3, -0.25) is 14.1 Å². The molecule has 0 aliphatic rings. The van der Waals surface area contributed by atoms with Crippen LogP contribution in [0.1, 0.15) is 219 Å². The molecule has 0 amide bonds. The van der Waals surface area contributed by atoms with E-state index in [0.29, 0.717) is 6.42 Å². The van der Waals surface area contributed by atoms with Crippen molar-refractivity contribution in [1.29, 1.82) is 0 Å². The number of carbonyl (C=O) groups excluding carboxylic acids is 2. The van der Waals surface area contributed by atoms with Gasteiger partial charge in [0, 0.05) is 12.8 Å². The van der Waals surface area contributed by atoms with E-state index in [9.17, 15) is 14.2 Å². The minimum Gasteiger partial charge on any atom is -0.462 e. The molecule has 0 fully saturated rings. The Labute approximate surface area is 307 Å². The summed E-state index contributed by atoms with van der Waals surface area (Å²) in [7, 11) is -4.75. The van der Waals surface area contributed by atoms with E-state index in [2.05, 4.69) is 30.5 Å². The SMILES string of the molecule is CCCCC/C=C/CCCCCCCC(=O)O[C@H](COC(=O)CCCCCCCCCCCCCCCCCCCCCC)COP(=O)(O)O. The third-order valence-corrected chi connectivity index (χ3v) is 9.77. The minimum atomic E-state index is -4.75. The van der Waals surface area contributed by atoms with Gasteiger partial charge in [0.15, 0.2) is 6.10 Å². The maximum atomic E-state index is 12.4. The Morgan fingerprint density at radius 3 is 1.26 bits per heavy atom. The molecule has 296 valence electrons. The van der Waals surface area contributed by atoms with Crippen LogP contribution in [-0.4, -0.2) is 41.0 Å². The van der Waals surface area contributed by atoms with Gasteiger partial charge >= 0.3 is 19.8 Å². The summed E-state index contributed by atoms with van der Waals surface area (Å²) in [5.41, 5.74) is 0. The number of phosphoric acid groups is 1. The number of rotatable bonds is 39. The van der Waals surface area contributed by atoms with Crippen molar-refractivity contribution in [3.05, 3.63) is 12.2 Å². The predicted molar refractivity (Wildman–Crippen MR) is 207 cm³/mol. The van der Waals surface area contributed by atoms with Gasteiger partial charge < -0.3 is 19.3 Å². The fraction of sp³-hybridized carbons (Fsp3) is 0.902. The summed E-state index contributed by atoms with van der Waals surface area (Å²) in [6.45, 7) is 3.67. The fourth-order valence-corrected chi connectivity index (χ4v) is 6.49. The molecule has 50 heavy (non-hydrogen) atoms. The summed E-state index contributed by atoms with van der Waals surface area (Å²) in [6.07, 6.45) is 40.8. The minimum absolute atomic E-state index is 0.205. The lowest BCUT2D eigenvalue weighted by Crippen LogP contribution is -2.29. The molecule has 0 aliphatic heterocycles. The van der Waals surface area contributed by atoms with E-state index in [1.807, 2.05) is 0 Å². The molecule has 0 spiro atoms. The summed E-state index contributed by atoms with van der Waals surface area (Å²) in [4.78, 5) is 42.8.